The number of nitrogens with two attached hydrogens (primary N) is 1. The molecule has 0 aliphatic rings. The van der Waals surface area contributed by atoms with Crippen LogP contribution in [0.2, 0.25) is 0 Å². The van der Waals surface area contributed by atoms with Gasteiger partial charge in [0.25, 0.3) is 0 Å². The highest BCUT2D eigenvalue weighted by molar-refractivity contribution is 7.98. The van der Waals surface area contributed by atoms with E-state index in [0.717, 1.165) is 31.0 Å². The molecule has 0 saturated heterocycles. The standard InChI is InChI=1S/C15H26N2OS/c1-4-14(12-19-3)17(2)10-5-11-18-15-8-6-13(16)7-9-15/h6-9,14H,4-5,10-12,16H2,1-3H3. The second kappa shape index (κ2) is 9.10. The summed E-state index contributed by atoms with van der Waals surface area (Å²) in [6.07, 6.45) is 4.42. The lowest BCUT2D eigenvalue weighted by molar-refractivity contribution is 0.223. The fraction of sp³-hybridized carbons (Fsp3) is 0.600. The number of thioether (sulfide) groups is 1. The third-order valence-corrected chi connectivity index (χ3v) is 3.98. The van der Waals surface area contributed by atoms with Gasteiger partial charge in [0.15, 0.2) is 0 Å². The van der Waals surface area contributed by atoms with E-state index in [-0.39, 0.29) is 0 Å². The third-order valence-electron chi connectivity index (χ3n) is 3.26. The molecule has 0 spiro atoms. The number of nitrogens with zero attached hydrogens (tertiary/aromatic N) is 1. The maximum atomic E-state index is 5.70. The van der Waals surface area contributed by atoms with Gasteiger partial charge < -0.3 is 15.4 Å². The van der Waals surface area contributed by atoms with E-state index in [9.17, 15) is 0 Å². The van der Waals surface area contributed by atoms with Crippen molar-refractivity contribution < 1.29 is 4.74 Å². The van der Waals surface area contributed by atoms with Crippen molar-refractivity contribution in [3.8, 4) is 5.75 Å². The van der Waals surface area contributed by atoms with Crippen LogP contribution in [0.4, 0.5) is 5.69 Å². The molecule has 0 saturated carbocycles. The van der Waals surface area contributed by atoms with Crippen molar-refractivity contribution in [2.75, 3.05) is 37.9 Å². The van der Waals surface area contributed by atoms with Crippen molar-refractivity contribution in [2.24, 2.45) is 0 Å². The van der Waals surface area contributed by atoms with Crippen LogP contribution in [0, 0.1) is 0 Å². The lowest BCUT2D eigenvalue weighted by Crippen LogP contribution is -2.34. The Bertz CT molecular complexity index is 343. The molecule has 0 aromatic heterocycles. The van der Waals surface area contributed by atoms with Gasteiger partial charge in [0.2, 0.25) is 0 Å². The normalized spacial score (nSPS) is 12.6. The SMILES string of the molecule is CCC(CSC)N(C)CCCOc1ccc(N)cc1. The van der Waals surface area contributed by atoms with Crippen molar-refractivity contribution in [1.29, 1.82) is 0 Å². The number of nitrogen functional groups attached to an aromatic ring is 1. The first-order valence-corrected chi connectivity index (χ1v) is 8.24. The minimum atomic E-state index is 0.673. The zero-order chi connectivity index (χ0) is 14.1. The fourth-order valence-corrected chi connectivity index (χ4v) is 2.87. The van der Waals surface area contributed by atoms with E-state index < -0.39 is 0 Å². The number of hydrogen-bond donors (Lipinski definition) is 1. The van der Waals surface area contributed by atoms with Crippen LogP contribution >= 0.6 is 11.8 Å². The Morgan fingerprint density at radius 2 is 2.00 bits per heavy atom. The minimum Gasteiger partial charge on any atom is -0.494 e. The van der Waals surface area contributed by atoms with Gasteiger partial charge in [-0.2, -0.15) is 11.8 Å². The molecule has 1 atom stereocenters. The van der Waals surface area contributed by atoms with Crippen LogP contribution in [0.1, 0.15) is 19.8 Å². The maximum absolute atomic E-state index is 5.70. The predicted molar refractivity (Wildman–Crippen MR) is 86.1 cm³/mol. The zero-order valence-electron chi connectivity index (χ0n) is 12.3. The number of hydrogen-bond acceptors (Lipinski definition) is 4. The lowest BCUT2D eigenvalue weighted by Gasteiger charge is -2.26. The quantitative estimate of drug-likeness (QED) is 0.558. The molecule has 1 unspecified atom stereocenters. The predicted octanol–water partition coefficient (Wildman–Crippen LogP) is 3.11. The average Bonchev–Trinajstić information content (AvgIpc) is 2.42. The van der Waals surface area contributed by atoms with Gasteiger partial charge in [0.1, 0.15) is 5.75 Å². The van der Waals surface area contributed by atoms with E-state index in [1.807, 2.05) is 36.0 Å². The van der Waals surface area contributed by atoms with Gasteiger partial charge >= 0.3 is 0 Å². The lowest BCUT2D eigenvalue weighted by atomic mass is 10.2. The highest BCUT2D eigenvalue weighted by Crippen LogP contribution is 2.13. The number of rotatable bonds is 9. The molecule has 0 amide bonds. The molecule has 4 heteroatoms. The molecular formula is C15H26N2OS. The number of anilines is 1. The molecule has 19 heavy (non-hydrogen) atoms. The fourth-order valence-electron chi connectivity index (χ4n) is 2.00. The molecule has 1 aromatic rings. The summed E-state index contributed by atoms with van der Waals surface area (Å²) in [5, 5.41) is 0. The molecule has 0 bridgehead atoms. The van der Waals surface area contributed by atoms with E-state index in [2.05, 4.69) is 25.1 Å². The Balaban J connectivity index is 2.21. The summed E-state index contributed by atoms with van der Waals surface area (Å²) in [6.45, 7) is 4.08. The number of ether oxygens (including phenoxy) is 1. The second-order valence-corrected chi connectivity index (χ2v) is 5.68. The summed E-state index contributed by atoms with van der Waals surface area (Å²) in [5.41, 5.74) is 6.41. The Labute approximate surface area is 121 Å². The first-order chi connectivity index (χ1) is 9.17. The Morgan fingerprint density at radius 1 is 1.32 bits per heavy atom. The molecule has 1 rings (SSSR count). The van der Waals surface area contributed by atoms with Crippen LogP contribution in [0.25, 0.3) is 0 Å². The third kappa shape index (κ3) is 6.21. The molecule has 3 nitrogen and oxygen atoms in total. The van der Waals surface area contributed by atoms with Gasteiger partial charge in [0.05, 0.1) is 6.61 Å². The molecule has 0 fully saturated rings. The highest BCUT2D eigenvalue weighted by atomic mass is 32.2. The molecule has 1 aromatic carbocycles. The van der Waals surface area contributed by atoms with Crippen molar-refractivity contribution in [3.63, 3.8) is 0 Å². The first-order valence-electron chi connectivity index (χ1n) is 6.85. The molecule has 0 radical (unpaired) electrons. The van der Waals surface area contributed by atoms with Crippen LogP contribution in [0.3, 0.4) is 0 Å². The highest BCUT2D eigenvalue weighted by Gasteiger charge is 2.11. The Hall–Kier alpha value is -0.870. The Morgan fingerprint density at radius 3 is 2.58 bits per heavy atom. The van der Waals surface area contributed by atoms with Crippen molar-refractivity contribution in [1.82, 2.24) is 4.90 Å². The second-order valence-electron chi connectivity index (χ2n) is 4.77. The van der Waals surface area contributed by atoms with Gasteiger partial charge in [0, 0.05) is 24.0 Å². The number of benzene rings is 1. The van der Waals surface area contributed by atoms with Crippen LogP contribution in [0.15, 0.2) is 24.3 Å². The van der Waals surface area contributed by atoms with Crippen LogP contribution in [0.5, 0.6) is 5.75 Å². The smallest absolute Gasteiger partial charge is 0.119 e. The molecule has 0 heterocycles. The maximum Gasteiger partial charge on any atom is 0.119 e. The van der Waals surface area contributed by atoms with Crippen LogP contribution < -0.4 is 10.5 Å². The summed E-state index contributed by atoms with van der Waals surface area (Å²) >= 11 is 1.92. The summed E-state index contributed by atoms with van der Waals surface area (Å²) in [4.78, 5) is 2.43. The van der Waals surface area contributed by atoms with Gasteiger partial charge in [-0.1, -0.05) is 6.92 Å². The average molecular weight is 282 g/mol. The van der Waals surface area contributed by atoms with E-state index in [1.54, 1.807) is 0 Å². The summed E-state index contributed by atoms with van der Waals surface area (Å²) in [5.74, 6) is 2.10. The summed E-state index contributed by atoms with van der Waals surface area (Å²) in [6, 6.07) is 8.25. The molecule has 108 valence electrons. The van der Waals surface area contributed by atoms with Crippen LogP contribution in [-0.2, 0) is 0 Å². The summed E-state index contributed by atoms with van der Waals surface area (Å²) in [7, 11) is 2.20. The zero-order valence-corrected chi connectivity index (χ0v) is 13.1. The first kappa shape index (κ1) is 16.2. The molecule has 0 aliphatic carbocycles. The van der Waals surface area contributed by atoms with Crippen LogP contribution in [-0.4, -0.2) is 43.1 Å². The van der Waals surface area contributed by atoms with E-state index in [4.69, 9.17) is 10.5 Å². The Kier molecular flexibility index (Phi) is 7.75. The van der Waals surface area contributed by atoms with Gasteiger partial charge in [-0.15, -0.1) is 0 Å². The molecular weight excluding hydrogens is 256 g/mol. The van der Waals surface area contributed by atoms with E-state index >= 15 is 0 Å². The molecule has 0 aliphatic heterocycles. The topological polar surface area (TPSA) is 38.5 Å². The van der Waals surface area contributed by atoms with E-state index in [0.29, 0.717) is 6.04 Å². The summed E-state index contributed by atoms with van der Waals surface area (Å²) < 4.78 is 5.70. The largest absolute Gasteiger partial charge is 0.494 e. The van der Waals surface area contributed by atoms with Gasteiger partial charge in [-0.3, -0.25) is 0 Å². The molecule has 2 N–H and O–H groups in total. The van der Waals surface area contributed by atoms with Crippen molar-refractivity contribution in [3.05, 3.63) is 24.3 Å². The van der Waals surface area contributed by atoms with Crippen molar-refractivity contribution >= 4 is 17.4 Å². The monoisotopic (exact) mass is 282 g/mol. The van der Waals surface area contributed by atoms with Gasteiger partial charge in [-0.05, 0) is 50.4 Å². The van der Waals surface area contributed by atoms with E-state index in [1.165, 1.54) is 12.2 Å². The van der Waals surface area contributed by atoms with Crippen molar-refractivity contribution in [2.45, 2.75) is 25.8 Å². The minimum absolute atomic E-state index is 0.673. The van der Waals surface area contributed by atoms with Gasteiger partial charge in [-0.25, -0.2) is 0 Å².